The van der Waals surface area contributed by atoms with Crippen LogP contribution in [0.15, 0.2) is 64.3 Å². The zero-order chi connectivity index (χ0) is 22.7. The minimum atomic E-state index is -0.442. The van der Waals surface area contributed by atoms with E-state index in [-0.39, 0.29) is 17.3 Å². The number of allylic oxidation sites excluding steroid dienone is 3. The second-order valence-electron chi connectivity index (χ2n) is 7.93. The van der Waals surface area contributed by atoms with Gasteiger partial charge in [0.2, 0.25) is 0 Å². The average Bonchev–Trinajstić information content (AvgIpc) is 2.73. The number of hydrogen-bond donors (Lipinski definition) is 1. The van der Waals surface area contributed by atoms with Crippen molar-refractivity contribution in [2.24, 2.45) is 0 Å². The van der Waals surface area contributed by atoms with Crippen LogP contribution < -0.4 is 5.32 Å². The van der Waals surface area contributed by atoms with Gasteiger partial charge in [-0.25, -0.2) is 0 Å². The molecule has 0 amide bonds. The van der Waals surface area contributed by atoms with Gasteiger partial charge in [-0.3, -0.25) is 9.59 Å². The number of aryl methyl sites for hydroxylation is 3. The van der Waals surface area contributed by atoms with Crippen molar-refractivity contribution >= 4 is 23.3 Å². The molecule has 2 aromatic carbocycles. The summed E-state index contributed by atoms with van der Waals surface area (Å²) in [5, 5.41) is 13.9. The summed E-state index contributed by atoms with van der Waals surface area (Å²) in [4.78, 5) is 25.2. The van der Waals surface area contributed by atoms with E-state index in [1.165, 1.54) is 18.7 Å². The first-order valence-electron chi connectivity index (χ1n) is 10.2. The van der Waals surface area contributed by atoms with Crippen LogP contribution in [0.5, 0.6) is 0 Å². The minimum absolute atomic E-state index is 0.00536. The predicted molar refractivity (Wildman–Crippen MR) is 126 cm³/mol. The van der Waals surface area contributed by atoms with Gasteiger partial charge in [0.05, 0.1) is 28.3 Å². The SMILES string of the molecule is CC(=O)C1=C(C)NC(SCC(=O)c2ccc(C)c(C)c2)=C(C#N)[C@H]1c1cccc(C)c1. The van der Waals surface area contributed by atoms with E-state index in [0.717, 1.165) is 28.0 Å². The van der Waals surface area contributed by atoms with Crippen molar-refractivity contribution in [3.8, 4) is 6.07 Å². The lowest BCUT2D eigenvalue weighted by Gasteiger charge is -2.29. The number of hydrogen-bond acceptors (Lipinski definition) is 5. The monoisotopic (exact) mass is 430 g/mol. The van der Waals surface area contributed by atoms with Crippen molar-refractivity contribution in [3.05, 3.63) is 92.2 Å². The van der Waals surface area contributed by atoms with Gasteiger partial charge in [-0.2, -0.15) is 5.26 Å². The van der Waals surface area contributed by atoms with Gasteiger partial charge in [0, 0.05) is 16.8 Å². The number of rotatable bonds is 6. The summed E-state index contributed by atoms with van der Waals surface area (Å²) in [6.45, 7) is 9.37. The van der Waals surface area contributed by atoms with Gasteiger partial charge in [-0.05, 0) is 57.4 Å². The third-order valence-electron chi connectivity index (χ3n) is 5.58. The lowest BCUT2D eigenvalue weighted by atomic mass is 9.80. The van der Waals surface area contributed by atoms with E-state index >= 15 is 0 Å². The van der Waals surface area contributed by atoms with Gasteiger partial charge in [-0.1, -0.05) is 53.7 Å². The molecule has 0 aromatic heterocycles. The van der Waals surface area contributed by atoms with Crippen LogP contribution >= 0.6 is 11.8 Å². The van der Waals surface area contributed by atoms with E-state index in [1.807, 2.05) is 70.2 Å². The van der Waals surface area contributed by atoms with Crippen molar-refractivity contribution in [2.75, 3.05) is 5.75 Å². The fraction of sp³-hybridized carbons (Fsp3) is 0.269. The first-order chi connectivity index (χ1) is 14.7. The lowest BCUT2D eigenvalue weighted by Crippen LogP contribution is -2.27. The van der Waals surface area contributed by atoms with Crippen molar-refractivity contribution < 1.29 is 9.59 Å². The quantitative estimate of drug-likeness (QED) is 0.612. The van der Waals surface area contributed by atoms with Crippen LogP contribution in [0.3, 0.4) is 0 Å². The Bertz CT molecular complexity index is 1170. The maximum Gasteiger partial charge on any atom is 0.173 e. The fourth-order valence-electron chi connectivity index (χ4n) is 3.81. The number of thioether (sulfide) groups is 1. The normalized spacial score (nSPS) is 16.1. The molecule has 1 heterocycles. The zero-order valence-electron chi connectivity index (χ0n) is 18.5. The smallest absolute Gasteiger partial charge is 0.173 e. The summed E-state index contributed by atoms with van der Waals surface area (Å²) >= 11 is 1.31. The number of carbonyl (C=O) groups excluding carboxylic acids is 2. The van der Waals surface area contributed by atoms with Crippen LogP contribution in [0.4, 0.5) is 0 Å². The van der Waals surface area contributed by atoms with E-state index in [9.17, 15) is 14.9 Å². The van der Waals surface area contributed by atoms with Crippen molar-refractivity contribution in [3.63, 3.8) is 0 Å². The molecule has 0 bridgehead atoms. The average molecular weight is 431 g/mol. The molecule has 31 heavy (non-hydrogen) atoms. The summed E-state index contributed by atoms with van der Waals surface area (Å²) < 4.78 is 0. The van der Waals surface area contributed by atoms with Crippen LogP contribution in [0, 0.1) is 32.1 Å². The molecule has 1 aliphatic rings. The Morgan fingerprint density at radius 3 is 2.42 bits per heavy atom. The topological polar surface area (TPSA) is 70.0 Å². The van der Waals surface area contributed by atoms with E-state index in [2.05, 4.69) is 11.4 Å². The van der Waals surface area contributed by atoms with Gasteiger partial charge < -0.3 is 5.32 Å². The molecule has 4 nitrogen and oxygen atoms in total. The fourth-order valence-corrected chi connectivity index (χ4v) is 4.80. The number of Topliss-reactive ketones (excluding diaryl/α,β-unsaturated/α-hetero) is 2. The number of nitrogens with zero attached hydrogens (tertiary/aromatic N) is 1. The molecule has 158 valence electrons. The molecule has 0 radical (unpaired) electrons. The number of dihydropyridines is 1. The summed E-state index contributed by atoms with van der Waals surface area (Å²) in [5.41, 5.74) is 6.64. The molecular formula is C26H26N2O2S. The Hall–Kier alpha value is -3.10. The van der Waals surface area contributed by atoms with Crippen LogP contribution in [0.1, 0.15) is 52.4 Å². The molecule has 0 aliphatic carbocycles. The highest BCUT2D eigenvalue weighted by atomic mass is 32.2. The van der Waals surface area contributed by atoms with Gasteiger partial charge in [0.25, 0.3) is 0 Å². The lowest BCUT2D eigenvalue weighted by molar-refractivity contribution is -0.113. The minimum Gasteiger partial charge on any atom is -0.353 e. The van der Waals surface area contributed by atoms with Crippen LogP contribution in [0.2, 0.25) is 0 Å². The third kappa shape index (κ3) is 4.81. The summed E-state index contributed by atoms with van der Waals surface area (Å²) in [5.74, 6) is -0.299. The molecule has 1 aliphatic heterocycles. The van der Waals surface area contributed by atoms with Crippen molar-refractivity contribution in [2.45, 2.75) is 40.5 Å². The molecule has 3 rings (SSSR count). The molecule has 1 N–H and O–H groups in total. The third-order valence-corrected chi connectivity index (χ3v) is 6.60. The first kappa shape index (κ1) is 22.6. The Balaban J connectivity index is 1.95. The number of nitriles is 1. The summed E-state index contributed by atoms with van der Waals surface area (Å²) in [6, 6.07) is 15.9. The van der Waals surface area contributed by atoms with Gasteiger partial charge >= 0.3 is 0 Å². The first-order valence-corrected chi connectivity index (χ1v) is 11.1. The van der Waals surface area contributed by atoms with Crippen LogP contribution in [0.25, 0.3) is 0 Å². The number of nitrogens with one attached hydrogen (secondary N) is 1. The van der Waals surface area contributed by atoms with Gasteiger partial charge in [-0.15, -0.1) is 0 Å². The second kappa shape index (κ2) is 9.36. The highest BCUT2D eigenvalue weighted by Gasteiger charge is 2.33. The molecule has 1 atom stereocenters. The molecular weight excluding hydrogens is 404 g/mol. The summed E-state index contributed by atoms with van der Waals surface area (Å²) in [7, 11) is 0. The molecule has 0 unspecified atom stereocenters. The largest absolute Gasteiger partial charge is 0.353 e. The van der Waals surface area contributed by atoms with Crippen LogP contribution in [-0.4, -0.2) is 17.3 Å². The Kier molecular flexibility index (Phi) is 6.82. The van der Waals surface area contributed by atoms with Crippen LogP contribution in [-0.2, 0) is 4.79 Å². The highest BCUT2D eigenvalue weighted by Crippen LogP contribution is 2.41. The molecule has 0 spiro atoms. The van der Waals surface area contributed by atoms with Gasteiger partial charge in [0.15, 0.2) is 11.6 Å². The van der Waals surface area contributed by atoms with Crippen molar-refractivity contribution in [1.29, 1.82) is 5.26 Å². The van der Waals surface area contributed by atoms with E-state index in [1.54, 1.807) is 0 Å². The van der Waals surface area contributed by atoms with E-state index in [4.69, 9.17) is 0 Å². The van der Waals surface area contributed by atoms with Crippen molar-refractivity contribution in [1.82, 2.24) is 5.32 Å². The number of ketones is 2. The zero-order valence-corrected chi connectivity index (χ0v) is 19.3. The Morgan fingerprint density at radius 1 is 1.06 bits per heavy atom. The Morgan fingerprint density at radius 2 is 1.81 bits per heavy atom. The van der Waals surface area contributed by atoms with E-state index in [0.29, 0.717) is 21.7 Å². The maximum atomic E-state index is 12.8. The molecule has 5 heteroatoms. The standard InChI is InChI=1S/C26H26N2O2S/c1-15-7-6-8-21(11-15)25-22(13-27)26(28-18(4)24(25)19(5)29)31-14-23(30)20-10-9-16(2)17(3)12-20/h6-12,25,28H,14H2,1-5H3/t25-/m1/s1. The molecule has 2 aromatic rings. The highest BCUT2D eigenvalue weighted by molar-refractivity contribution is 8.03. The number of benzene rings is 2. The second-order valence-corrected chi connectivity index (χ2v) is 8.92. The molecule has 0 fully saturated rings. The molecule has 0 saturated heterocycles. The Labute approximate surface area is 188 Å². The summed E-state index contributed by atoms with van der Waals surface area (Å²) in [6.07, 6.45) is 0. The van der Waals surface area contributed by atoms with Gasteiger partial charge in [0.1, 0.15) is 0 Å². The maximum absolute atomic E-state index is 12.8. The molecule has 0 saturated carbocycles. The number of carbonyl (C=O) groups is 2. The predicted octanol–water partition coefficient (Wildman–Crippen LogP) is 5.51. The van der Waals surface area contributed by atoms with E-state index < -0.39 is 5.92 Å².